The minimum atomic E-state index is -3.16. The summed E-state index contributed by atoms with van der Waals surface area (Å²) in [6, 6.07) is 2.79. The number of hydrogen-bond donors (Lipinski definition) is 0. The third kappa shape index (κ3) is 2.95. The number of rotatable bonds is 4. The van der Waals surface area contributed by atoms with Crippen LogP contribution in [-0.4, -0.2) is 12.4 Å². The van der Waals surface area contributed by atoms with Crippen LogP contribution in [0.2, 0.25) is 0 Å². The van der Waals surface area contributed by atoms with Crippen molar-refractivity contribution in [2.24, 2.45) is 0 Å². The zero-order valence-electron chi connectivity index (χ0n) is 8.22. The number of hydrogen-bond acceptors (Lipinski definition) is 2. The molecule has 16 heavy (non-hydrogen) atoms. The topological polar surface area (TPSA) is 26.3 Å². The highest BCUT2D eigenvalue weighted by atomic mass is 19.3. The first-order valence-corrected chi connectivity index (χ1v) is 4.29. The lowest BCUT2D eigenvalue weighted by atomic mass is 10.1. The lowest BCUT2D eigenvalue weighted by Gasteiger charge is -2.10. The van der Waals surface area contributed by atoms with Crippen molar-refractivity contribution >= 4 is 5.78 Å². The second-order valence-electron chi connectivity index (χ2n) is 2.99. The maximum absolute atomic E-state index is 12.3. The fourth-order valence-electron chi connectivity index (χ4n) is 1.16. The first-order valence-electron chi connectivity index (χ1n) is 4.29. The number of carbonyl (C=O) groups is 1. The standard InChI is InChI=1S/C10H8F4O2/c1-5(15)7-3-2-6(9(11)12)4-8(7)16-10(13)14/h2-4,9-10H,1H3. The molecule has 0 unspecified atom stereocenters. The number of benzene rings is 1. The van der Waals surface area contributed by atoms with Gasteiger partial charge in [-0.2, -0.15) is 8.78 Å². The van der Waals surface area contributed by atoms with E-state index in [1.165, 1.54) is 0 Å². The normalized spacial score (nSPS) is 10.9. The molecule has 2 nitrogen and oxygen atoms in total. The maximum atomic E-state index is 12.3. The van der Waals surface area contributed by atoms with Gasteiger partial charge in [-0.25, -0.2) is 8.78 Å². The minimum absolute atomic E-state index is 0.148. The van der Waals surface area contributed by atoms with Crippen LogP contribution < -0.4 is 4.74 Å². The highest BCUT2D eigenvalue weighted by molar-refractivity contribution is 5.96. The fraction of sp³-hybridized carbons (Fsp3) is 0.300. The Morgan fingerprint density at radius 1 is 1.25 bits per heavy atom. The van der Waals surface area contributed by atoms with Gasteiger partial charge in [0.1, 0.15) is 5.75 Å². The predicted molar refractivity (Wildman–Crippen MR) is 48.0 cm³/mol. The van der Waals surface area contributed by atoms with Gasteiger partial charge in [0.05, 0.1) is 5.56 Å². The summed E-state index contributed by atoms with van der Waals surface area (Å²) in [7, 11) is 0. The first-order chi connectivity index (χ1) is 7.41. The molecule has 1 aromatic carbocycles. The van der Waals surface area contributed by atoms with Gasteiger partial charge < -0.3 is 4.74 Å². The van der Waals surface area contributed by atoms with E-state index in [2.05, 4.69) is 4.74 Å². The van der Waals surface area contributed by atoms with Crippen LogP contribution in [0.15, 0.2) is 18.2 Å². The van der Waals surface area contributed by atoms with Crippen LogP contribution in [0, 0.1) is 0 Å². The molecule has 0 saturated heterocycles. The van der Waals surface area contributed by atoms with Crippen molar-refractivity contribution in [3.8, 4) is 5.75 Å². The third-order valence-corrected chi connectivity index (χ3v) is 1.85. The molecule has 0 heterocycles. The molecule has 0 saturated carbocycles. The van der Waals surface area contributed by atoms with Gasteiger partial charge in [0.25, 0.3) is 6.43 Å². The number of ether oxygens (including phenoxy) is 1. The van der Waals surface area contributed by atoms with Crippen LogP contribution in [0.3, 0.4) is 0 Å². The second-order valence-corrected chi connectivity index (χ2v) is 2.99. The fourth-order valence-corrected chi connectivity index (χ4v) is 1.16. The SMILES string of the molecule is CC(=O)c1ccc(C(F)F)cc1OC(F)F. The number of alkyl halides is 4. The van der Waals surface area contributed by atoms with Gasteiger partial charge in [0.2, 0.25) is 0 Å². The summed E-state index contributed by atoms with van der Waals surface area (Å²) in [6.45, 7) is -2.03. The molecular formula is C10H8F4O2. The lowest BCUT2D eigenvalue weighted by Crippen LogP contribution is -2.07. The average Bonchev–Trinajstić information content (AvgIpc) is 2.15. The van der Waals surface area contributed by atoms with Crippen molar-refractivity contribution < 1.29 is 27.1 Å². The number of Topliss-reactive ketones (excluding diaryl/α,β-unsaturated/α-hetero) is 1. The lowest BCUT2D eigenvalue weighted by molar-refractivity contribution is -0.0503. The molecule has 0 aliphatic rings. The van der Waals surface area contributed by atoms with E-state index in [1.807, 2.05) is 0 Å². The zero-order chi connectivity index (χ0) is 12.3. The molecule has 0 fully saturated rings. The van der Waals surface area contributed by atoms with Gasteiger partial charge in [-0.05, 0) is 19.1 Å². The largest absolute Gasteiger partial charge is 0.434 e. The maximum Gasteiger partial charge on any atom is 0.387 e. The Morgan fingerprint density at radius 2 is 1.88 bits per heavy atom. The van der Waals surface area contributed by atoms with E-state index in [-0.39, 0.29) is 5.56 Å². The minimum Gasteiger partial charge on any atom is -0.434 e. The molecule has 88 valence electrons. The molecule has 0 N–H and O–H groups in total. The summed E-state index contributed by atoms with van der Waals surface area (Å²) in [4.78, 5) is 11.0. The van der Waals surface area contributed by atoms with Gasteiger partial charge in [-0.15, -0.1) is 0 Å². The van der Waals surface area contributed by atoms with Gasteiger partial charge in [-0.3, -0.25) is 4.79 Å². The first kappa shape index (κ1) is 12.5. The van der Waals surface area contributed by atoms with Crippen molar-refractivity contribution in [3.05, 3.63) is 29.3 Å². The monoisotopic (exact) mass is 236 g/mol. The molecule has 0 aromatic heterocycles. The summed E-state index contributed by atoms with van der Waals surface area (Å²) in [5, 5.41) is 0. The van der Waals surface area contributed by atoms with Crippen LogP contribution >= 0.6 is 0 Å². The molecule has 1 rings (SSSR count). The second kappa shape index (κ2) is 4.96. The number of ketones is 1. The van der Waals surface area contributed by atoms with Crippen molar-refractivity contribution in [2.75, 3.05) is 0 Å². The zero-order valence-corrected chi connectivity index (χ0v) is 8.22. The highest BCUT2D eigenvalue weighted by Gasteiger charge is 2.16. The molecule has 0 spiro atoms. The summed E-state index contributed by atoms with van der Waals surface area (Å²) in [5.74, 6) is -1.06. The summed E-state index contributed by atoms with van der Waals surface area (Å²) >= 11 is 0. The van der Waals surface area contributed by atoms with E-state index in [1.54, 1.807) is 0 Å². The van der Waals surface area contributed by atoms with Gasteiger partial charge >= 0.3 is 6.61 Å². The molecule has 6 heteroatoms. The van der Waals surface area contributed by atoms with Gasteiger partial charge in [-0.1, -0.05) is 6.07 Å². The van der Waals surface area contributed by atoms with Crippen molar-refractivity contribution in [2.45, 2.75) is 20.0 Å². The van der Waals surface area contributed by atoms with Crippen LogP contribution in [0.1, 0.15) is 29.3 Å². The van der Waals surface area contributed by atoms with Crippen molar-refractivity contribution in [1.29, 1.82) is 0 Å². The molecule has 0 amide bonds. The Bertz CT molecular complexity index is 390. The summed E-state index contributed by atoms with van der Waals surface area (Å²) < 4.78 is 52.5. The Balaban J connectivity index is 3.15. The van der Waals surface area contributed by atoms with Crippen LogP contribution in [0.5, 0.6) is 5.75 Å². The molecule has 0 atom stereocenters. The van der Waals surface area contributed by atoms with Crippen molar-refractivity contribution in [1.82, 2.24) is 0 Å². The summed E-state index contributed by atoms with van der Waals surface area (Å²) in [6.07, 6.45) is -2.80. The Kier molecular flexibility index (Phi) is 3.87. The molecule has 0 bridgehead atoms. The van der Waals surface area contributed by atoms with E-state index >= 15 is 0 Å². The Morgan fingerprint density at radius 3 is 2.31 bits per heavy atom. The van der Waals surface area contributed by atoms with Crippen molar-refractivity contribution in [3.63, 3.8) is 0 Å². The third-order valence-electron chi connectivity index (χ3n) is 1.85. The molecule has 0 aliphatic carbocycles. The number of carbonyl (C=O) groups excluding carboxylic acids is 1. The Hall–Kier alpha value is -1.59. The van der Waals surface area contributed by atoms with Crippen LogP contribution in [0.4, 0.5) is 17.6 Å². The molecular weight excluding hydrogens is 228 g/mol. The van der Waals surface area contributed by atoms with E-state index in [4.69, 9.17) is 0 Å². The highest BCUT2D eigenvalue weighted by Crippen LogP contribution is 2.28. The molecule has 0 radical (unpaired) electrons. The van der Waals surface area contributed by atoms with Crippen LogP contribution in [-0.2, 0) is 0 Å². The Labute approximate surface area is 88.8 Å². The smallest absolute Gasteiger partial charge is 0.387 e. The van der Waals surface area contributed by atoms with Crippen LogP contribution in [0.25, 0.3) is 0 Å². The quantitative estimate of drug-likeness (QED) is 0.591. The van der Waals surface area contributed by atoms with E-state index in [0.717, 1.165) is 25.1 Å². The van der Waals surface area contributed by atoms with Gasteiger partial charge in [0.15, 0.2) is 5.78 Å². The van der Waals surface area contributed by atoms with E-state index < -0.39 is 30.1 Å². The number of halogens is 4. The van der Waals surface area contributed by atoms with E-state index in [9.17, 15) is 22.4 Å². The molecule has 1 aromatic rings. The average molecular weight is 236 g/mol. The van der Waals surface area contributed by atoms with E-state index in [0.29, 0.717) is 0 Å². The van der Waals surface area contributed by atoms with Gasteiger partial charge in [0, 0.05) is 5.56 Å². The predicted octanol–water partition coefficient (Wildman–Crippen LogP) is 3.43. The summed E-state index contributed by atoms with van der Waals surface area (Å²) in [5.41, 5.74) is -0.620. The molecule has 0 aliphatic heterocycles.